The quantitative estimate of drug-likeness (QED) is 0.744. The molecule has 1 aliphatic heterocycles. The zero-order chi connectivity index (χ0) is 18.0. The lowest BCUT2D eigenvalue weighted by Gasteiger charge is -2.22. The monoisotopic (exact) mass is 347 g/mol. The second-order valence-corrected chi connectivity index (χ2v) is 5.82. The summed E-state index contributed by atoms with van der Waals surface area (Å²) in [6.45, 7) is 0.144. The average Bonchev–Trinajstić information content (AvgIpc) is 3.21. The highest BCUT2D eigenvalue weighted by Gasteiger charge is 2.37. The first-order valence-corrected chi connectivity index (χ1v) is 7.78. The number of likely N-dealkylation sites (tertiary alicyclic amines) is 1. The van der Waals surface area contributed by atoms with E-state index in [4.69, 9.17) is 5.73 Å². The predicted molar refractivity (Wildman–Crippen MR) is 85.4 cm³/mol. The van der Waals surface area contributed by atoms with Crippen LogP contribution in [0.5, 0.6) is 0 Å². The van der Waals surface area contributed by atoms with Gasteiger partial charge in [0.1, 0.15) is 18.4 Å². The van der Waals surface area contributed by atoms with Gasteiger partial charge in [0.05, 0.1) is 0 Å². The van der Waals surface area contributed by atoms with Crippen LogP contribution in [0.1, 0.15) is 6.42 Å². The highest BCUT2D eigenvalue weighted by molar-refractivity contribution is 5.88. The molecule has 0 radical (unpaired) electrons. The maximum atomic E-state index is 13.0. The third-order valence-corrected chi connectivity index (χ3v) is 4.03. The van der Waals surface area contributed by atoms with E-state index >= 15 is 0 Å². The number of benzene rings is 1. The first-order chi connectivity index (χ1) is 12.0. The number of amides is 2. The number of nitrogens with two attached hydrogens (primary N) is 1. The lowest BCUT2D eigenvalue weighted by Crippen LogP contribution is -2.46. The fraction of sp³-hybridized carbons (Fsp3) is 0.400. The van der Waals surface area contributed by atoms with E-state index in [0.29, 0.717) is 18.5 Å². The zero-order valence-corrected chi connectivity index (χ0v) is 13.6. The number of rotatable bonds is 4. The molecule has 1 aromatic heterocycles. The van der Waals surface area contributed by atoms with Crippen molar-refractivity contribution in [1.82, 2.24) is 30.4 Å². The minimum Gasteiger partial charge on any atom is -0.357 e. The van der Waals surface area contributed by atoms with Gasteiger partial charge in [-0.2, -0.15) is 4.80 Å². The van der Waals surface area contributed by atoms with E-state index in [2.05, 4.69) is 20.7 Å². The molecule has 1 aliphatic rings. The maximum Gasteiger partial charge on any atom is 0.246 e. The minimum absolute atomic E-state index is 0.158. The van der Waals surface area contributed by atoms with Gasteiger partial charge in [0.15, 0.2) is 0 Å². The molecule has 0 bridgehead atoms. The Hall–Kier alpha value is -2.88. The van der Waals surface area contributed by atoms with Crippen LogP contribution < -0.4 is 11.1 Å². The molecule has 0 aliphatic carbocycles. The molecule has 25 heavy (non-hydrogen) atoms. The van der Waals surface area contributed by atoms with E-state index in [1.807, 2.05) is 0 Å². The molecular formula is C15H18FN7O2. The van der Waals surface area contributed by atoms with Crippen molar-refractivity contribution in [3.05, 3.63) is 30.1 Å². The molecule has 0 spiro atoms. The first-order valence-electron chi connectivity index (χ1n) is 7.78. The Labute approximate surface area is 143 Å². The molecule has 3 N–H and O–H groups in total. The first kappa shape index (κ1) is 17.0. The fourth-order valence-electron chi connectivity index (χ4n) is 2.80. The lowest BCUT2D eigenvalue weighted by atomic mass is 10.1. The predicted octanol–water partition coefficient (Wildman–Crippen LogP) is -0.847. The van der Waals surface area contributed by atoms with Gasteiger partial charge in [-0.05, 0) is 35.9 Å². The van der Waals surface area contributed by atoms with E-state index in [9.17, 15) is 14.0 Å². The molecule has 1 fully saturated rings. The van der Waals surface area contributed by atoms with Crippen LogP contribution in [0.15, 0.2) is 24.3 Å². The molecule has 2 amide bonds. The van der Waals surface area contributed by atoms with Crippen LogP contribution in [-0.2, 0) is 16.1 Å². The van der Waals surface area contributed by atoms with Crippen molar-refractivity contribution < 1.29 is 14.0 Å². The zero-order valence-electron chi connectivity index (χ0n) is 13.6. The Morgan fingerprint density at radius 2 is 2.08 bits per heavy atom. The second-order valence-electron chi connectivity index (χ2n) is 5.82. The number of tetrazole rings is 1. The summed E-state index contributed by atoms with van der Waals surface area (Å²) in [4.78, 5) is 27.0. The van der Waals surface area contributed by atoms with Crippen molar-refractivity contribution in [3.63, 3.8) is 0 Å². The number of halogens is 1. The molecule has 0 unspecified atom stereocenters. The summed E-state index contributed by atoms with van der Waals surface area (Å²) < 4.78 is 13.0. The summed E-state index contributed by atoms with van der Waals surface area (Å²) in [6.07, 6.45) is 0.414. The average molecular weight is 347 g/mol. The van der Waals surface area contributed by atoms with Gasteiger partial charge in [-0.15, -0.1) is 10.2 Å². The fourth-order valence-corrected chi connectivity index (χ4v) is 2.80. The number of likely N-dealkylation sites (N-methyl/N-ethyl adjacent to an activating group) is 1. The van der Waals surface area contributed by atoms with Gasteiger partial charge in [0.25, 0.3) is 0 Å². The third kappa shape index (κ3) is 3.63. The van der Waals surface area contributed by atoms with Crippen molar-refractivity contribution >= 4 is 11.8 Å². The maximum absolute atomic E-state index is 13.0. The number of carbonyl (C=O) groups is 2. The SMILES string of the molecule is CNC(=O)[C@@H]1C[C@H](N)CN1C(=O)Cn1nnc(-c2ccc(F)cc2)n1. The molecule has 132 valence electrons. The Morgan fingerprint density at radius 3 is 2.76 bits per heavy atom. The smallest absolute Gasteiger partial charge is 0.246 e. The van der Waals surface area contributed by atoms with Crippen molar-refractivity contribution in [2.75, 3.05) is 13.6 Å². The Balaban J connectivity index is 1.71. The number of carbonyl (C=O) groups excluding carboxylic acids is 2. The second kappa shape index (κ2) is 6.93. The Bertz CT molecular complexity index is 776. The van der Waals surface area contributed by atoms with Crippen molar-refractivity contribution in [2.45, 2.75) is 25.0 Å². The highest BCUT2D eigenvalue weighted by Crippen LogP contribution is 2.18. The molecule has 3 rings (SSSR count). The molecule has 2 atom stereocenters. The van der Waals surface area contributed by atoms with Crippen molar-refractivity contribution in [2.24, 2.45) is 5.73 Å². The molecular weight excluding hydrogens is 329 g/mol. The van der Waals surface area contributed by atoms with Gasteiger partial charge in [-0.25, -0.2) is 4.39 Å². The van der Waals surface area contributed by atoms with Gasteiger partial charge in [0, 0.05) is 25.2 Å². The number of hydrogen-bond acceptors (Lipinski definition) is 6. The van der Waals surface area contributed by atoms with Crippen LogP contribution in [0.3, 0.4) is 0 Å². The third-order valence-electron chi connectivity index (χ3n) is 4.03. The van der Waals surface area contributed by atoms with Crippen LogP contribution in [0.2, 0.25) is 0 Å². The summed E-state index contributed by atoms with van der Waals surface area (Å²) in [5.74, 6) is -0.643. The van der Waals surface area contributed by atoms with Gasteiger partial charge in [-0.3, -0.25) is 9.59 Å². The number of aromatic nitrogens is 4. The van der Waals surface area contributed by atoms with Gasteiger partial charge in [-0.1, -0.05) is 0 Å². The topological polar surface area (TPSA) is 119 Å². The van der Waals surface area contributed by atoms with Crippen LogP contribution >= 0.6 is 0 Å². The van der Waals surface area contributed by atoms with E-state index < -0.39 is 6.04 Å². The standard InChI is InChI=1S/C15H18FN7O2/c1-18-15(25)12-6-11(17)7-22(12)13(24)8-23-20-14(19-21-23)9-2-4-10(16)5-3-9/h2-5,11-12H,6-8,17H2,1H3,(H,18,25)/t11-,12-/m0/s1. The van der Waals surface area contributed by atoms with Crippen LogP contribution in [-0.4, -0.2) is 62.6 Å². The van der Waals surface area contributed by atoms with Crippen molar-refractivity contribution in [1.29, 1.82) is 0 Å². The Morgan fingerprint density at radius 1 is 1.36 bits per heavy atom. The summed E-state index contributed by atoms with van der Waals surface area (Å²) >= 11 is 0. The van der Waals surface area contributed by atoms with Crippen molar-refractivity contribution in [3.8, 4) is 11.4 Å². The minimum atomic E-state index is -0.590. The lowest BCUT2D eigenvalue weighted by molar-refractivity contribution is -0.139. The summed E-state index contributed by atoms with van der Waals surface area (Å²) in [7, 11) is 1.52. The van der Waals surface area contributed by atoms with Gasteiger partial charge in [0.2, 0.25) is 17.6 Å². The van der Waals surface area contributed by atoms with E-state index in [0.717, 1.165) is 4.80 Å². The molecule has 2 heterocycles. The van der Waals surface area contributed by atoms with E-state index in [1.165, 1.54) is 36.2 Å². The number of nitrogens with zero attached hydrogens (tertiary/aromatic N) is 5. The summed E-state index contributed by atoms with van der Waals surface area (Å²) in [5.41, 5.74) is 6.47. The molecule has 10 heteroatoms. The highest BCUT2D eigenvalue weighted by atomic mass is 19.1. The molecule has 1 aromatic carbocycles. The van der Waals surface area contributed by atoms with Gasteiger partial charge >= 0.3 is 0 Å². The Kier molecular flexibility index (Phi) is 4.70. The van der Waals surface area contributed by atoms with Crippen LogP contribution in [0.25, 0.3) is 11.4 Å². The normalized spacial score (nSPS) is 19.9. The van der Waals surface area contributed by atoms with Gasteiger partial charge < -0.3 is 16.0 Å². The summed E-state index contributed by atoms with van der Waals surface area (Å²) in [6, 6.07) is 4.80. The molecule has 2 aromatic rings. The van der Waals surface area contributed by atoms with E-state index in [1.54, 1.807) is 0 Å². The van der Waals surface area contributed by atoms with Crippen LogP contribution in [0, 0.1) is 5.82 Å². The molecule has 1 saturated heterocycles. The molecule has 0 saturated carbocycles. The van der Waals surface area contributed by atoms with E-state index in [-0.39, 0.29) is 36.0 Å². The number of nitrogens with one attached hydrogen (secondary N) is 1. The largest absolute Gasteiger partial charge is 0.357 e. The summed E-state index contributed by atoms with van der Waals surface area (Å²) in [5, 5.41) is 14.4. The number of hydrogen-bond donors (Lipinski definition) is 2. The molecule has 9 nitrogen and oxygen atoms in total. The van der Waals surface area contributed by atoms with Crippen LogP contribution in [0.4, 0.5) is 4.39 Å².